The zero-order valence-corrected chi connectivity index (χ0v) is 15.7. The summed E-state index contributed by atoms with van der Waals surface area (Å²) in [4.78, 5) is 18.8. The molecule has 27 heavy (non-hydrogen) atoms. The number of aliphatic hydroxyl groups is 1. The molecule has 1 aliphatic rings. The van der Waals surface area contributed by atoms with Gasteiger partial charge in [0.25, 0.3) is 5.91 Å². The van der Waals surface area contributed by atoms with Gasteiger partial charge in [-0.05, 0) is 56.5 Å². The number of nitrogens with two attached hydrogens (primary N) is 1. The Bertz CT molecular complexity index is 771. The minimum atomic E-state index is -0.922. The summed E-state index contributed by atoms with van der Waals surface area (Å²) >= 11 is 0. The highest BCUT2D eigenvalue weighted by Gasteiger charge is 2.35. The normalized spacial score (nSPS) is 16.2. The third-order valence-corrected chi connectivity index (χ3v) is 5.12. The summed E-state index contributed by atoms with van der Waals surface area (Å²) in [5.74, 6) is 0.685. The van der Waals surface area contributed by atoms with Gasteiger partial charge >= 0.3 is 0 Å². The van der Waals surface area contributed by atoms with Gasteiger partial charge in [-0.15, -0.1) is 0 Å². The zero-order valence-electron chi connectivity index (χ0n) is 15.7. The Kier molecular flexibility index (Phi) is 6.08. The summed E-state index contributed by atoms with van der Waals surface area (Å²) in [6.07, 6.45) is 5.15. The molecule has 1 fully saturated rings. The third-order valence-electron chi connectivity index (χ3n) is 5.12. The van der Waals surface area contributed by atoms with E-state index in [1.807, 2.05) is 31.2 Å². The van der Waals surface area contributed by atoms with Gasteiger partial charge in [0.05, 0.1) is 12.2 Å². The maximum Gasteiger partial charge on any atom is 0.253 e. The molecule has 1 aromatic carbocycles. The van der Waals surface area contributed by atoms with Crippen molar-refractivity contribution in [2.75, 3.05) is 26.2 Å². The SMILES string of the molecule is Cc1ccc(C(=O)N2CCC(O)(c3cccnc3)CC2)cc1OCCCN. The fraction of sp³-hybridized carbons (Fsp3) is 0.429. The quantitative estimate of drug-likeness (QED) is 0.763. The van der Waals surface area contributed by atoms with Crippen LogP contribution >= 0.6 is 0 Å². The van der Waals surface area contributed by atoms with Crippen molar-refractivity contribution in [3.8, 4) is 5.75 Å². The Labute approximate surface area is 160 Å². The maximum atomic E-state index is 12.9. The van der Waals surface area contributed by atoms with Gasteiger partial charge in [0.2, 0.25) is 0 Å². The number of carbonyl (C=O) groups excluding carboxylic acids is 1. The molecule has 0 unspecified atom stereocenters. The highest BCUT2D eigenvalue weighted by Crippen LogP contribution is 2.33. The molecule has 2 aromatic rings. The average Bonchev–Trinajstić information content (AvgIpc) is 2.70. The number of carbonyl (C=O) groups is 1. The van der Waals surface area contributed by atoms with Crippen LogP contribution in [0.4, 0.5) is 0 Å². The van der Waals surface area contributed by atoms with Crippen LogP contribution in [0.1, 0.15) is 40.7 Å². The molecule has 0 atom stereocenters. The van der Waals surface area contributed by atoms with Crippen LogP contribution in [0.5, 0.6) is 5.75 Å². The molecule has 3 N–H and O–H groups in total. The lowest BCUT2D eigenvalue weighted by Gasteiger charge is -2.38. The van der Waals surface area contributed by atoms with E-state index in [1.165, 1.54) is 0 Å². The van der Waals surface area contributed by atoms with Crippen LogP contribution in [0.25, 0.3) is 0 Å². The number of pyridine rings is 1. The number of piperidine rings is 1. The van der Waals surface area contributed by atoms with Crippen LogP contribution in [0.15, 0.2) is 42.7 Å². The van der Waals surface area contributed by atoms with E-state index in [0.29, 0.717) is 44.6 Å². The summed E-state index contributed by atoms with van der Waals surface area (Å²) in [5.41, 5.74) is 6.99. The van der Waals surface area contributed by atoms with Crippen molar-refractivity contribution in [2.24, 2.45) is 5.73 Å². The standard InChI is InChI=1S/C21H27N3O3/c1-16-5-6-17(14-19(16)27-13-3-9-22)20(25)24-11-7-21(26,8-12-24)18-4-2-10-23-15-18/h2,4-6,10,14-15,26H,3,7-9,11-13,22H2,1H3. The molecular formula is C21H27N3O3. The monoisotopic (exact) mass is 369 g/mol. The maximum absolute atomic E-state index is 12.9. The van der Waals surface area contributed by atoms with E-state index in [2.05, 4.69) is 4.98 Å². The van der Waals surface area contributed by atoms with Crippen molar-refractivity contribution in [1.29, 1.82) is 0 Å². The molecule has 1 saturated heterocycles. The first-order valence-electron chi connectivity index (χ1n) is 9.39. The fourth-order valence-electron chi connectivity index (χ4n) is 3.34. The van der Waals surface area contributed by atoms with Crippen molar-refractivity contribution in [3.63, 3.8) is 0 Å². The Hall–Kier alpha value is -2.44. The van der Waals surface area contributed by atoms with Crippen molar-refractivity contribution >= 4 is 5.91 Å². The van der Waals surface area contributed by atoms with E-state index < -0.39 is 5.60 Å². The van der Waals surface area contributed by atoms with Crippen LogP contribution < -0.4 is 10.5 Å². The number of likely N-dealkylation sites (tertiary alicyclic amines) is 1. The van der Waals surface area contributed by atoms with Gasteiger partial charge in [0.1, 0.15) is 5.75 Å². The Morgan fingerprint density at radius 2 is 2.11 bits per heavy atom. The number of rotatable bonds is 6. The largest absolute Gasteiger partial charge is 0.493 e. The van der Waals surface area contributed by atoms with Crippen molar-refractivity contribution in [1.82, 2.24) is 9.88 Å². The van der Waals surface area contributed by atoms with Crippen molar-refractivity contribution in [3.05, 3.63) is 59.4 Å². The molecule has 3 rings (SSSR count). The number of aryl methyl sites for hydroxylation is 1. The molecule has 2 heterocycles. The first kappa shape index (κ1) is 19.3. The molecule has 0 aliphatic carbocycles. The molecule has 1 aliphatic heterocycles. The van der Waals surface area contributed by atoms with E-state index in [1.54, 1.807) is 23.4 Å². The van der Waals surface area contributed by atoms with E-state index in [9.17, 15) is 9.90 Å². The second-order valence-electron chi connectivity index (χ2n) is 7.04. The van der Waals surface area contributed by atoms with Crippen LogP contribution in [-0.2, 0) is 5.60 Å². The lowest BCUT2D eigenvalue weighted by molar-refractivity contribution is -0.0213. The summed E-state index contributed by atoms with van der Waals surface area (Å²) in [5, 5.41) is 10.9. The molecule has 144 valence electrons. The second kappa shape index (κ2) is 8.50. The summed E-state index contributed by atoms with van der Waals surface area (Å²) < 4.78 is 5.75. The van der Waals surface area contributed by atoms with Gasteiger partial charge in [-0.25, -0.2) is 0 Å². The molecule has 0 saturated carbocycles. The van der Waals surface area contributed by atoms with Crippen molar-refractivity contribution in [2.45, 2.75) is 31.8 Å². The zero-order chi connectivity index (χ0) is 19.3. The highest BCUT2D eigenvalue weighted by molar-refractivity contribution is 5.94. The summed E-state index contributed by atoms with van der Waals surface area (Å²) in [7, 11) is 0. The third kappa shape index (κ3) is 4.46. The number of hydrogen-bond acceptors (Lipinski definition) is 5. The molecular weight excluding hydrogens is 342 g/mol. The topological polar surface area (TPSA) is 88.7 Å². The molecule has 6 heteroatoms. The van der Waals surface area contributed by atoms with Gasteiger partial charge in [0.15, 0.2) is 0 Å². The highest BCUT2D eigenvalue weighted by atomic mass is 16.5. The van der Waals surface area contributed by atoms with Gasteiger partial charge in [-0.1, -0.05) is 12.1 Å². The minimum Gasteiger partial charge on any atom is -0.493 e. The molecule has 0 bridgehead atoms. The summed E-state index contributed by atoms with van der Waals surface area (Å²) in [6.45, 7) is 4.08. The van der Waals surface area contributed by atoms with E-state index in [0.717, 1.165) is 23.3 Å². The van der Waals surface area contributed by atoms with Crippen LogP contribution in [0.3, 0.4) is 0 Å². The number of hydrogen-bond donors (Lipinski definition) is 2. The number of amides is 1. The smallest absolute Gasteiger partial charge is 0.253 e. The summed E-state index contributed by atoms with van der Waals surface area (Å²) in [6, 6.07) is 9.24. The second-order valence-corrected chi connectivity index (χ2v) is 7.04. The number of aromatic nitrogens is 1. The van der Waals surface area contributed by atoms with E-state index in [-0.39, 0.29) is 5.91 Å². The predicted octanol–water partition coefficient (Wildman–Crippen LogP) is 2.24. The predicted molar refractivity (Wildman–Crippen MR) is 104 cm³/mol. The van der Waals surface area contributed by atoms with E-state index in [4.69, 9.17) is 10.5 Å². The average molecular weight is 369 g/mol. The van der Waals surface area contributed by atoms with Gasteiger partial charge in [-0.3, -0.25) is 9.78 Å². The first-order chi connectivity index (χ1) is 13.0. The minimum absolute atomic E-state index is 0.0353. The molecule has 1 amide bonds. The number of ether oxygens (including phenoxy) is 1. The fourth-order valence-corrected chi connectivity index (χ4v) is 3.34. The van der Waals surface area contributed by atoms with Crippen molar-refractivity contribution < 1.29 is 14.6 Å². The molecule has 0 spiro atoms. The number of benzene rings is 1. The van der Waals surface area contributed by atoms with Gasteiger partial charge < -0.3 is 20.5 Å². The van der Waals surface area contributed by atoms with E-state index >= 15 is 0 Å². The van der Waals surface area contributed by atoms with Crippen LogP contribution in [0.2, 0.25) is 0 Å². The van der Waals surface area contributed by atoms with Crippen LogP contribution in [-0.4, -0.2) is 47.1 Å². The molecule has 6 nitrogen and oxygen atoms in total. The molecule has 1 aromatic heterocycles. The van der Waals surface area contributed by atoms with Gasteiger partial charge in [0, 0.05) is 36.6 Å². The van der Waals surface area contributed by atoms with Gasteiger partial charge in [-0.2, -0.15) is 0 Å². The molecule has 0 radical (unpaired) electrons. The number of nitrogens with zero attached hydrogens (tertiary/aromatic N) is 2. The lowest BCUT2D eigenvalue weighted by Crippen LogP contribution is -2.45. The van der Waals surface area contributed by atoms with Crippen LogP contribution in [0, 0.1) is 6.92 Å². The Balaban J connectivity index is 1.66. The Morgan fingerprint density at radius 1 is 1.33 bits per heavy atom. The lowest BCUT2D eigenvalue weighted by atomic mass is 9.85. The first-order valence-corrected chi connectivity index (χ1v) is 9.39. The Morgan fingerprint density at radius 3 is 2.78 bits per heavy atom.